The van der Waals surface area contributed by atoms with E-state index in [-0.39, 0.29) is 12.5 Å². The molecule has 1 aromatic carbocycles. The molecular weight excluding hydrogens is 248 g/mol. The Bertz CT molecular complexity index is 554. The van der Waals surface area contributed by atoms with Crippen LogP contribution in [-0.2, 0) is 6.54 Å². The first-order valence-electron chi connectivity index (χ1n) is 5.76. The SMILES string of the molecule is CCOc1cc(N)cc(C(=O)NCc2ncon2)c1. The predicted octanol–water partition coefficient (Wildman–Crippen LogP) is 0.980. The summed E-state index contributed by atoms with van der Waals surface area (Å²) in [6.45, 7) is 2.56. The Hall–Kier alpha value is -2.57. The fourth-order valence-corrected chi connectivity index (χ4v) is 1.53. The van der Waals surface area contributed by atoms with E-state index in [0.29, 0.717) is 29.4 Å². The Kier molecular flexibility index (Phi) is 3.97. The van der Waals surface area contributed by atoms with Gasteiger partial charge in [-0.25, -0.2) is 0 Å². The average Bonchev–Trinajstić information content (AvgIpc) is 2.88. The highest BCUT2D eigenvalue weighted by atomic mass is 16.5. The fourth-order valence-electron chi connectivity index (χ4n) is 1.53. The molecule has 0 spiro atoms. The highest BCUT2D eigenvalue weighted by Crippen LogP contribution is 2.18. The summed E-state index contributed by atoms with van der Waals surface area (Å²) in [4.78, 5) is 15.7. The number of hydrogen-bond acceptors (Lipinski definition) is 6. The Morgan fingerprint density at radius 1 is 1.47 bits per heavy atom. The maximum Gasteiger partial charge on any atom is 0.251 e. The molecule has 1 heterocycles. The van der Waals surface area contributed by atoms with Crippen LogP contribution in [0.15, 0.2) is 29.1 Å². The molecule has 2 aromatic rings. The quantitative estimate of drug-likeness (QED) is 0.778. The highest BCUT2D eigenvalue weighted by molar-refractivity contribution is 5.95. The Morgan fingerprint density at radius 2 is 2.32 bits per heavy atom. The van der Waals surface area contributed by atoms with Crippen molar-refractivity contribution in [3.8, 4) is 5.75 Å². The van der Waals surface area contributed by atoms with Crippen LogP contribution in [0.2, 0.25) is 0 Å². The minimum absolute atomic E-state index is 0.189. The van der Waals surface area contributed by atoms with Crippen LogP contribution in [0.3, 0.4) is 0 Å². The van der Waals surface area contributed by atoms with Gasteiger partial charge in [0.1, 0.15) is 5.75 Å². The number of hydrogen-bond donors (Lipinski definition) is 2. The molecule has 0 aliphatic heterocycles. The van der Waals surface area contributed by atoms with E-state index in [1.807, 2.05) is 6.92 Å². The normalized spacial score (nSPS) is 10.2. The molecule has 0 radical (unpaired) electrons. The van der Waals surface area contributed by atoms with Crippen LogP contribution in [0.4, 0.5) is 5.69 Å². The smallest absolute Gasteiger partial charge is 0.251 e. The number of aromatic nitrogens is 2. The van der Waals surface area contributed by atoms with Crippen LogP contribution in [-0.4, -0.2) is 22.7 Å². The van der Waals surface area contributed by atoms with E-state index in [2.05, 4.69) is 20.0 Å². The van der Waals surface area contributed by atoms with Gasteiger partial charge in [-0.3, -0.25) is 4.79 Å². The molecule has 0 saturated carbocycles. The van der Waals surface area contributed by atoms with E-state index in [0.717, 1.165) is 0 Å². The van der Waals surface area contributed by atoms with Gasteiger partial charge >= 0.3 is 0 Å². The fraction of sp³-hybridized carbons (Fsp3) is 0.250. The van der Waals surface area contributed by atoms with E-state index in [1.165, 1.54) is 6.39 Å². The summed E-state index contributed by atoms with van der Waals surface area (Å²) in [6.07, 6.45) is 1.20. The molecule has 0 atom stereocenters. The van der Waals surface area contributed by atoms with Crippen molar-refractivity contribution in [2.45, 2.75) is 13.5 Å². The molecular formula is C12H14N4O3. The van der Waals surface area contributed by atoms with E-state index in [9.17, 15) is 4.79 Å². The topological polar surface area (TPSA) is 103 Å². The van der Waals surface area contributed by atoms with Crippen molar-refractivity contribution >= 4 is 11.6 Å². The van der Waals surface area contributed by atoms with Gasteiger partial charge in [-0.2, -0.15) is 4.98 Å². The molecule has 2 rings (SSSR count). The molecule has 0 unspecified atom stereocenters. The van der Waals surface area contributed by atoms with Crippen LogP contribution in [0.1, 0.15) is 23.1 Å². The summed E-state index contributed by atoms with van der Waals surface area (Å²) in [5.41, 5.74) is 6.61. The lowest BCUT2D eigenvalue weighted by Gasteiger charge is -2.08. The number of nitrogens with one attached hydrogen (secondary N) is 1. The van der Waals surface area contributed by atoms with Crippen LogP contribution in [0.25, 0.3) is 0 Å². The number of anilines is 1. The first-order chi connectivity index (χ1) is 9.19. The minimum Gasteiger partial charge on any atom is -0.494 e. The Labute approximate surface area is 109 Å². The molecule has 1 aromatic heterocycles. The summed E-state index contributed by atoms with van der Waals surface area (Å²) in [6, 6.07) is 4.87. The second kappa shape index (κ2) is 5.85. The maximum atomic E-state index is 11.9. The molecule has 7 nitrogen and oxygen atoms in total. The molecule has 0 aliphatic rings. The van der Waals surface area contributed by atoms with Crippen LogP contribution >= 0.6 is 0 Å². The number of carbonyl (C=O) groups is 1. The van der Waals surface area contributed by atoms with Gasteiger partial charge in [0.2, 0.25) is 6.39 Å². The largest absolute Gasteiger partial charge is 0.494 e. The summed E-state index contributed by atoms with van der Waals surface area (Å²) in [5, 5.41) is 6.26. The van der Waals surface area contributed by atoms with E-state index in [4.69, 9.17) is 10.5 Å². The molecule has 0 aliphatic carbocycles. The molecule has 0 fully saturated rings. The van der Waals surface area contributed by atoms with Crippen molar-refractivity contribution in [3.63, 3.8) is 0 Å². The third kappa shape index (κ3) is 3.44. The molecule has 0 saturated heterocycles. The number of amides is 1. The summed E-state index contributed by atoms with van der Waals surface area (Å²) in [5.74, 6) is 0.688. The van der Waals surface area contributed by atoms with Crippen molar-refractivity contribution in [1.29, 1.82) is 0 Å². The van der Waals surface area contributed by atoms with Crippen molar-refractivity contribution in [3.05, 3.63) is 36.0 Å². The molecule has 0 bridgehead atoms. The zero-order chi connectivity index (χ0) is 13.7. The first-order valence-corrected chi connectivity index (χ1v) is 5.76. The van der Waals surface area contributed by atoms with Gasteiger partial charge in [0.15, 0.2) is 5.82 Å². The molecule has 1 amide bonds. The number of benzene rings is 1. The number of nitrogens with two attached hydrogens (primary N) is 1. The molecule has 3 N–H and O–H groups in total. The Morgan fingerprint density at radius 3 is 3.00 bits per heavy atom. The lowest BCUT2D eigenvalue weighted by Crippen LogP contribution is -2.23. The zero-order valence-electron chi connectivity index (χ0n) is 10.4. The third-order valence-electron chi connectivity index (χ3n) is 2.32. The van der Waals surface area contributed by atoms with Gasteiger partial charge < -0.3 is 20.3 Å². The van der Waals surface area contributed by atoms with Crippen LogP contribution in [0.5, 0.6) is 5.75 Å². The van der Waals surface area contributed by atoms with Crippen molar-refractivity contribution in [2.75, 3.05) is 12.3 Å². The van der Waals surface area contributed by atoms with Gasteiger partial charge in [-0.15, -0.1) is 0 Å². The number of nitrogens with zero attached hydrogens (tertiary/aromatic N) is 2. The standard InChI is InChI=1S/C12H14N4O3/c1-2-18-10-4-8(3-9(13)5-10)12(17)14-6-11-15-7-19-16-11/h3-5,7H,2,6,13H2,1H3,(H,14,17). The van der Waals surface area contributed by atoms with Crippen LogP contribution < -0.4 is 15.8 Å². The van der Waals surface area contributed by atoms with Crippen molar-refractivity contribution in [2.24, 2.45) is 0 Å². The van der Waals surface area contributed by atoms with Gasteiger partial charge in [-0.05, 0) is 19.1 Å². The van der Waals surface area contributed by atoms with E-state index < -0.39 is 0 Å². The number of carbonyl (C=O) groups excluding carboxylic acids is 1. The van der Waals surface area contributed by atoms with Crippen LogP contribution in [0, 0.1) is 0 Å². The van der Waals surface area contributed by atoms with Gasteiger partial charge in [0.25, 0.3) is 5.91 Å². The number of nitrogen functional groups attached to an aromatic ring is 1. The number of rotatable bonds is 5. The summed E-state index contributed by atoms with van der Waals surface area (Å²) in [7, 11) is 0. The van der Waals surface area contributed by atoms with Gasteiger partial charge in [-0.1, -0.05) is 5.16 Å². The van der Waals surface area contributed by atoms with Crippen molar-refractivity contribution < 1.29 is 14.1 Å². The first kappa shape index (κ1) is 12.9. The van der Waals surface area contributed by atoms with Crippen molar-refractivity contribution in [1.82, 2.24) is 15.5 Å². The second-order valence-electron chi connectivity index (χ2n) is 3.75. The van der Waals surface area contributed by atoms with Gasteiger partial charge in [0, 0.05) is 17.3 Å². The Balaban J connectivity index is 2.05. The lowest BCUT2D eigenvalue weighted by atomic mass is 10.1. The lowest BCUT2D eigenvalue weighted by molar-refractivity contribution is 0.0949. The predicted molar refractivity (Wildman–Crippen MR) is 67.5 cm³/mol. The monoisotopic (exact) mass is 262 g/mol. The highest BCUT2D eigenvalue weighted by Gasteiger charge is 2.09. The summed E-state index contributed by atoms with van der Waals surface area (Å²) < 4.78 is 9.90. The summed E-state index contributed by atoms with van der Waals surface area (Å²) >= 11 is 0. The zero-order valence-corrected chi connectivity index (χ0v) is 10.4. The van der Waals surface area contributed by atoms with E-state index >= 15 is 0 Å². The minimum atomic E-state index is -0.280. The molecule has 100 valence electrons. The molecule has 7 heteroatoms. The number of ether oxygens (including phenoxy) is 1. The second-order valence-corrected chi connectivity index (χ2v) is 3.75. The average molecular weight is 262 g/mol. The maximum absolute atomic E-state index is 11.9. The van der Waals surface area contributed by atoms with E-state index in [1.54, 1.807) is 18.2 Å². The van der Waals surface area contributed by atoms with Gasteiger partial charge in [0.05, 0.1) is 13.2 Å². The molecule has 19 heavy (non-hydrogen) atoms. The third-order valence-corrected chi connectivity index (χ3v) is 2.32.